The molecule has 72 heavy (non-hydrogen) atoms. The van der Waals surface area contributed by atoms with Gasteiger partial charge in [-0.15, -0.1) is 23.1 Å². The van der Waals surface area contributed by atoms with Gasteiger partial charge in [0.05, 0.1) is 5.56 Å². The summed E-state index contributed by atoms with van der Waals surface area (Å²) in [5, 5.41) is 11.8. The van der Waals surface area contributed by atoms with E-state index >= 15 is 0 Å². The van der Waals surface area contributed by atoms with Gasteiger partial charge in [0, 0.05) is 23.6 Å². The summed E-state index contributed by atoms with van der Waals surface area (Å²) in [6.45, 7) is 0.964. The van der Waals surface area contributed by atoms with E-state index in [0.717, 1.165) is 16.7 Å². The molecular weight excluding hydrogens is 955 g/mol. The van der Waals surface area contributed by atoms with E-state index in [-0.39, 0.29) is 36.1 Å². The Morgan fingerprint density at radius 3 is 1.92 bits per heavy atom. The average molecular weight is 998 g/mol. The fourth-order valence-corrected chi connectivity index (χ4v) is 10.8. The molecule has 0 aliphatic carbocycles. The molecule has 17 heteroatoms. The summed E-state index contributed by atoms with van der Waals surface area (Å²) in [7, 11) is 0. The number of rotatable bonds is 16. The van der Waals surface area contributed by atoms with Crippen molar-refractivity contribution in [3.8, 4) is 11.5 Å². The molecule has 6 aromatic carbocycles. The van der Waals surface area contributed by atoms with Crippen LogP contribution in [0.5, 0.6) is 11.5 Å². The molecule has 360 valence electrons. The molecule has 1 fully saturated rings. The molecule has 3 aliphatic rings. The van der Waals surface area contributed by atoms with Crippen molar-refractivity contribution in [2.24, 2.45) is 5.16 Å². The van der Waals surface area contributed by atoms with Crippen molar-refractivity contribution in [1.82, 2.24) is 15.2 Å². The van der Waals surface area contributed by atoms with Crippen LogP contribution in [0.3, 0.4) is 0 Å². The number of thioether (sulfide) groups is 1. The third-order valence-electron chi connectivity index (χ3n) is 12.1. The van der Waals surface area contributed by atoms with Crippen LogP contribution in [0, 0.1) is 0 Å². The molecule has 0 unspecified atom stereocenters. The van der Waals surface area contributed by atoms with Gasteiger partial charge in [-0.25, -0.2) is 14.6 Å². The van der Waals surface area contributed by atoms with Crippen LogP contribution < -0.4 is 20.1 Å². The number of β-lactam (4-membered cyclic amide) rings is 1. The first-order valence-electron chi connectivity index (χ1n) is 22.7. The maximum atomic E-state index is 14.7. The molecular formula is C55H43N5O10S2. The molecule has 0 saturated carbocycles. The number of carbonyl (C=O) groups excluding carboxylic acids is 5. The second-order valence-corrected chi connectivity index (χ2v) is 18.6. The molecule has 0 bridgehead atoms. The van der Waals surface area contributed by atoms with Crippen LogP contribution in [0.25, 0.3) is 0 Å². The first kappa shape index (κ1) is 47.2. The third-order valence-corrected chi connectivity index (χ3v) is 14.2. The zero-order chi connectivity index (χ0) is 49.6. The van der Waals surface area contributed by atoms with Crippen molar-refractivity contribution >= 4 is 63.7 Å². The summed E-state index contributed by atoms with van der Waals surface area (Å²) in [6.07, 6.45) is -0.850. The minimum Gasteiger partial charge on any atom is -0.461 e. The number of ether oxygens (including phenoxy) is 4. The number of anilines is 1. The highest BCUT2D eigenvalue weighted by atomic mass is 32.2. The monoisotopic (exact) mass is 997 g/mol. The topological polar surface area (TPSA) is 184 Å². The van der Waals surface area contributed by atoms with E-state index in [4.69, 9.17) is 28.8 Å². The summed E-state index contributed by atoms with van der Waals surface area (Å²) in [5.41, 5.74) is 3.08. The number of aromatic nitrogens is 1. The maximum Gasteiger partial charge on any atom is 0.365 e. The Hall–Kier alpha value is -8.54. The molecule has 7 aromatic rings. The van der Waals surface area contributed by atoms with Gasteiger partial charge in [0.1, 0.15) is 35.0 Å². The Labute approximate surface area is 421 Å². The summed E-state index contributed by atoms with van der Waals surface area (Å²) in [5.74, 6) is -2.90. The Kier molecular flexibility index (Phi) is 13.6. The molecule has 0 spiro atoms. The number of hydrogen-bond donors (Lipinski definition) is 2. The number of nitrogens with zero attached hydrogens (tertiary/aromatic N) is 3. The molecule has 2 atom stereocenters. The lowest BCUT2D eigenvalue weighted by atomic mass is 9.77. The standard InChI is InChI=1S/C55H43N5O10S2/c1-34(61)66-30-38-31-71-51-46(50(63)60(51)47(38)53(65)69-48(35-17-7-2-8-18-35)36-19-9-3-10-20-36)57-49(62)45(59-70-52(64)37-27-28-43-44(29-37)68-33-67-43)42-32-72-54(56-42)58-55(39-21-11-4-12-22-39,40-23-13-5-14-24-40)41-25-15-6-16-26-41/h2-29,32,46,48,51H,30-31,33H2,1H3,(H,56,58)(H,57,62)/b59-45-/t46-,51-/m1/s1. The number of thiazole rings is 1. The number of esters is 2. The number of amides is 2. The first-order valence-corrected chi connectivity index (χ1v) is 24.6. The summed E-state index contributed by atoms with van der Waals surface area (Å²) >= 11 is 2.45. The largest absolute Gasteiger partial charge is 0.461 e. The molecule has 3 aliphatic heterocycles. The number of hydrogen-bond acceptors (Lipinski definition) is 15. The van der Waals surface area contributed by atoms with Crippen molar-refractivity contribution in [1.29, 1.82) is 0 Å². The SMILES string of the molecule is CC(=O)OCC1=C(C(=O)OC(c2ccccc2)c2ccccc2)N2C(=O)[C@@H](NC(=O)/C(=N\OC(=O)c3ccc4c(c3)OCO4)c3csc(NC(c4ccccc4)(c4ccccc4)c4ccccc4)n3)[C@H]2SC1. The third kappa shape index (κ3) is 9.54. The van der Waals surface area contributed by atoms with Gasteiger partial charge in [-0.3, -0.25) is 19.3 Å². The molecule has 1 saturated heterocycles. The van der Waals surface area contributed by atoms with E-state index in [9.17, 15) is 24.0 Å². The molecule has 15 nitrogen and oxygen atoms in total. The van der Waals surface area contributed by atoms with Crippen LogP contribution >= 0.6 is 23.1 Å². The minimum atomic E-state index is -1.19. The average Bonchev–Trinajstić information content (AvgIpc) is 4.11. The van der Waals surface area contributed by atoms with Crippen LogP contribution in [-0.2, 0) is 39.0 Å². The fraction of sp³-hybridized carbons (Fsp3) is 0.145. The van der Waals surface area contributed by atoms with Gasteiger partial charge in [0.2, 0.25) is 6.79 Å². The van der Waals surface area contributed by atoms with E-state index in [0.29, 0.717) is 33.3 Å². The maximum absolute atomic E-state index is 14.7. The number of benzene rings is 6. The number of fused-ring (bicyclic) bond motifs is 2. The zero-order valence-electron chi connectivity index (χ0n) is 38.3. The van der Waals surface area contributed by atoms with Crippen molar-refractivity contribution in [2.75, 3.05) is 24.5 Å². The van der Waals surface area contributed by atoms with Crippen LogP contribution in [0.1, 0.15) is 56.9 Å². The molecule has 0 radical (unpaired) electrons. The van der Waals surface area contributed by atoms with Gasteiger partial charge in [-0.1, -0.05) is 157 Å². The number of carbonyl (C=O) groups is 5. The Balaban J connectivity index is 0.966. The van der Waals surface area contributed by atoms with Gasteiger partial charge >= 0.3 is 17.9 Å². The van der Waals surface area contributed by atoms with Crippen molar-refractivity contribution in [3.63, 3.8) is 0 Å². The zero-order valence-corrected chi connectivity index (χ0v) is 40.0. The van der Waals surface area contributed by atoms with Gasteiger partial charge in [-0.2, -0.15) is 0 Å². The van der Waals surface area contributed by atoms with E-state index < -0.39 is 58.5 Å². The van der Waals surface area contributed by atoms with Gasteiger partial charge in [-0.05, 0) is 46.0 Å². The second kappa shape index (κ2) is 20.8. The molecule has 4 heterocycles. The van der Waals surface area contributed by atoms with Crippen molar-refractivity contribution in [2.45, 2.75) is 30.0 Å². The number of oxime groups is 1. The lowest BCUT2D eigenvalue weighted by Crippen LogP contribution is -2.71. The predicted molar refractivity (Wildman–Crippen MR) is 269 cm³/mol. The molecule has 1 aromatic heterocycles. The highest BCUT2D eigenvalue weighted by Gasteiger charge is 2.55. The van der Waals surface area contributed by atoms with Gasteiger partial charge in [0.25, 0.3) is 11.8 Å². The minimum absolute atomic E-state index is 0.0128. The molecule has 2 amide bonds. The van der Waals surface area contributed by atoms with E-state index in [1.165, 1.54) is 47.1 Å². The van der Waals surface area contributed by atoms with Crippen molar-refractivity contribution in [3.05, 3.63) is 226 Å². The van der Waals surface area contributed by atoms with Crippen molar-refractivity contribution < 1.29 is 47.8 Å². The lowest BCUT2D eigenvalue weighted by molar-refractivity contribution is -0.154. The Morgan fingerprint density at radius 2 is 1.33 bits per heavy atom. The predicted octanol–water partition coefficient (Wildman–Crippen LogP) is 8.39. The Bertz CT molecular complexity index is 3080. The van der Waals surface area contributed by atoms with Gasteiger partial charge < -0.3 is 34.4 Å². The fourth-order valence-electron chi connectivity index (χ4n) is 8.68. The second-order valence-electron chi connectivity index (χ2n) is 16.6. The van der Waals surface area contributed by atoms with E-state index in [2.05, 4.69) is 15.8 Å². The lowest BCUT2D eigenvalue weighted by Gasteiger charge is -2.49. The smallest absolute Gasteiger partial charge is 0.365 e. The summed E-state index contributed by atoms with van der Waals surface area (Å²) in [6, 6.07) is 51.3. The quantitative estimate of drug-likeness (QED) is 0.0235. The molecule has 10 rings (SSSR count). The van der Waals surface area contributed by atoms with Crippen LogP contribution in [0.2, 0.25) is 0 Å². The highest BCUT2D eigenvalue weighted by Crippen LogP contribution is 2.43. The van der Waals surface area contributed by atoms with Crippen LogP contribution in [-0.4, -0.2) is 75.9 Å². The highest BCUT2D eigenvalue weighted by molar-refractivity contribution is 8.00. The van der Waals surface area contributed by atoms with E-state index in [1.54, 1.807) is 11.4 Å². The number of nitrogens with one attached hydrogen (secondary N) is 2. The normalized spacial score (nSPS) is 16.1. The molecule has 2 N–H and O–H groups in total. The van der Waals surface area contributed by atoms with Crippen LogP contribution in [0.4, 0.5) is 5.13 Å². The summed E-state index contributed by atoms with van der Waals surface area (Å²) in [4.78, 5) is 80.7. The van der Waals surface area contributed by atoms with E-state index in [1.807, 2.05) is 152 Å². The van der Waals surface area contributed by atoms with Gasteiger partial charge in [0.15, 0.2) is 28.4 Å². The Morgan fingerprint density at radius 1 is 0.764 bits per heavy atom. The first-order chi connectivity index (χ1) is 35.2. The summed E-state index contributed by atoms with van der Waals surface area (Å²) < 4.78 is 22.4. The van der Waals surface area contributed by atoms with Crippen LogP contribution in [0.15, 0.2) is 192 Å².